The first-order chi connectivity index (χ1) is 10.8. The Balaban J connectivity index is 1.80. The van der Waals surface area contributed by atoms with Crippen LogP contribution in [0.3, 0.4) is 0 Å². The predicted octanol–water partition coefficient (Wildman–Crippen LogP) is 3.47. The summed E-state index contributed by atoms with van der Waals surface area (Å²) in [6.07, 6.45) is -3.21. The van der Waals surface area contributed by atoms with Crippen molar-refractivity contribution < 1.29 is 27.1 Å². The molecule has 1 aromatic heterocycles. The molecule has 1 atom stereocenters. The summed E-state index contributed by atoms with van der Waals surface area (Å²) in [5.41, 5.74) is 0.500. The third-order valence-corrected chi connectivity index (χ3v) is 2.89. The molecule has 0 spiro atoms. The molecule has 0 fully saturated rings. The summed E-state index contributed by atoms with van der Waals surface area (Å²) < 4.78 is 45.0. The van der Waals surface area contributed by atoms with Gasteiger partial charge in [0.15, 0.2) is 0 Å². The van der Waals surface area contributed by atoms with E-state index in [0.717, 1.165) is 0 Å². The standard InChI is InChI=1S/C15H15F3N2O3/c1-10(13-3-2-8-22-13)20-14(21)9-19-11-4-6-12(7-5-11)23-15(16,17)18/h2-8,10,19H,9H2,1H3,(H,20,21). The largest absolute Gasteiger partial charge is 0.573 e. The van der Waals surface area contributed by atoms with E-state index in [0.29, 0.717) is 11.4 Å². The number of rotatable bonds is 6. The van der Waals surface area contributed by atoms with E-state index in [4.69, 9.17) is 4.42 Å². The zero-order chi connectivity index (χ0) is 16.9. The normalized spacial score (nSPS) is 12.5. The minimum atomic E-state index is -4.73. The maximum Gasteiger partial charge on any atom is 0.573 e. The molecule has 0 aliphatic carbocycles. The van der Waals surface area contributed by atoms with Crippen LogP contribution in [0.15, 0.2) is 47.1 Å². The lowest BCUT2D eigenvalue weighted by molar-refractivity contribution is -0.274. The molecular formula is C15H15F3N2O3. The van der Waals surface area contributed by atoms with Gasteiger partial charge in [0.2, 0.25) is 5.91 Å². The maximum absolute atomic E-state index is 12.0. The molecule has 1 heterocycles. The van der Waals surface area contributed by atoms with E-state index in [1.54, 1.807) is 19.1 Å². The average Bonchev–Trinajstić information content (AvgIpc) is 2.99. The van der Waals surface area contributed by atoms with Gasteiger partial charge in [-0.2, -0.15) is 0 Å². The molecule has 124 valence electrons. The minimum Gasteiger partial charge on any atom is -0.467 e. The van der Waals surface area contributed by atoms with Gasteiger partial charge < -0.3 is 19.8 Å². The smallest absolute Gasteiger partial charge is 0.467 e. The number of hydrogen-bond donors (Lipinski definition) is 2. The van der Waals surface area contributed by atoms with Crippen LogP contribution in [0.5, 0.6) is 5.75 Å². The number of nitrogens with one attached hydrogen (secondary N) is 2. The first-order valence-electron chi connectivity index (χ1n) is 6.76. The van der Waals surface area contributed by atoms with Gasteiger partial charge in [-0.15, -0.1) is 13.2 Å². The highest BCUT2D eigenvalue weighted by atomic mass is 19.4. The molecule has 0 aliphatic rings. The zero-order valence-corrected chi connectivity index (χ0v) is 12.2. The molecule has 23 heavy (non-hydrogen) atoms. The van der Waals surface area contributed by atoms with E-state index in [-0.39, 0.29) is 24.2 Å². The highest BCUT2D eigenvalue weighted by molar-refractivity contribution is 5.81. The monoisotopic (exact) mass is 328 g/mol. The van der Waals surface area contributed by atoms with Crippen molar-refractivity contribution in [2.45, 2.75) is 19.3 Å². The van der Waals surface area contributed by atoms with E-state index in [1.807, 2.05) is 0 Å². The Kier molecular flexibility index (Phi) is 5.15. The molecule has 0 bridgehead atoms. The van der Waals surface area contributed by atoms with Crippen molar-refractivity contribution in [3.05, 3.63) is 48.4 Å². The molecule has 0 saturated heterocycles. The molecular weight excluding hydrogens is 313 g/mol. The molecule has 0 saturated carbocycles. The Bertz CT molecular complexity index is 624. The molecule has 8 heteroatoms. The number of carbonyl (C=O) groups is 1. The Morgan fingerprint density at radius 2 is 1.96 bits per heavy atom. The van der Waals surface area contributed by atoms with Gasteiger partial charge in [-0.05, 0) is 43.3 Å². The van der Waals surface area contributed by atoms with E-state index < -0.39 is 6.36 Å². The van der Waals surface area contributed by atoms with Crippen molar-refractivity contribution in [3.8, 4) is 5.75 Å². The van der Waals surface area contributed by atoms with Gasteiger partial charge in [0.1, 0.15) is 11.5 Å². The Hall–Kier alpha value is -2.64. The summed E-state index contributed by atoms with van der Waals surface area (Å²) in [6.45, 7) is 1.75. The third-order valence-electron chi connectivity index (χ3n) is 2.89. The predicted molar refractivity (Wildman–Crippen MR) is 76.9 cm³/mol. The molecule has 2 N–H and O–H groups in total. The number of halogens is 3. The second-order valence-corrected chi connectivity index (χ2v) is 4.73. The van der Waals surface area contributed by atoms with Crippen LogP contribution in [0.25, 0.3) is 0 Å². The lowest BCUT2D eigenvalue weighted by atomic mass is 10.2. The fraction of sp³-hybridized carbons (Fsp3) is 0.267. The van der Waals surface area contributed by atoms with Crippen molar-refractivity contribution in [3.63, 3.8) is 0 Å². The summed E-state index contributed by atoms with van der Waals surface area (Å²) in [6, 6.07) is 8.31. The lowest BCUT2D eigenvalue weighted by Crippen LogP contribution is -2.31. The van der Waals surface area contributed by atoms with E-state index >= 15 is 0 Å². The number of alkyl halides is 3. The van der Waals surface area contributed by atoms with Gasteiger partial charge in [-0.3, -0.25) is 4.79 Å². The van der Waals surface area contributed by atoms with E-state index in [1.165, 1.54) is 30.5 Å². The first kappa shape index (κ1) is 16.7. The molecule has 0 radical (unpaired) electrons. The molecule has 1 unspecified atom stereocenters. The fourth-order valence-corrected chi connectivity index (χ4v) is 1.86. The van der Waals surface area contributed by atoms with Crippen molar-refractivity contribution in [1.29, 1.82) is 0 Å². The molecule has 1 amide bonds. The van der Waals surface area contributed by atoms with Crippen LogP contribution in [0.2, 0.25) is 0 Å². The Morgan fingerprint density at radius 1 is 1.26 bits per heavy atom. The summed E-state index contributed by atoms with van der Waals surface area (Å²) in [5, 5.41) is 5.53. The highest BCUT2D eigenvalue weighted by Gasteiger charge is 2.30. The number of furan rings is 1. The summed E-state index contributed by atoms with van der Waals surface area (Å²) in [4.78, 5) is 11.8. The van der Waals surface area contributed by atoms with Crippen LogP contribution in [0, 0.1) is 0 Å². The number of benzene rings is 1. The van der Waals surface area contributed by atoms with Crippen molar-refractivity contribution in [2.75, 3.05) is 11.9 Å². The van der Waals surface area contributed by atoms with Crippen molar-refractivity contribution >= 4 is 11.6 Å². The summed E-state index contributed by atoms with van der Waals surface area (Å²) in [5.74, 6) is 0.0375. The second kappa shape index (κ2) is 7.08. The Morgan fingerprint density at radius 3 is 2.52 bits per heavy atom. The average molecular weight is 328 g/mol. The first-order valence-corrected chi connectivity index (χ1v) is 6.76. The van der Waals surface area contributed by atoms with Gasteiger partial charge in [-0.25, -0.2) is 0 Å². The molecule has 0 aliphatic heterocycles. The molecule has 1 aromatic carbocycles. The number of amides is 1. The fourth-order valence-electron chi connectivity index (χ4n) is 1.86. The zero-order valence-electron chi connectivity index (χ0n) is 12.2. The molecule has 5 nitrogen and oxygen atoms in total. The van der Waals surface area contributed by atoms with Crippen LogP contribution in [-0.2, 0) is 4.79 Å². The third kappa shape index (κ3) is 5.57. The number of carbonyl (C=O) groups excluding carboxylic acids is 1. The van der Waals surface area contributed by atoms with Gasteiger partial charge >= 0.3 is 6.36 Å². The van der Waals surface area contributed by atoms with Crippen molar-refractivity contribution in [2.24, 2.45) is 0 Å². The van der Waals surface area contributed by atoms with Crippen LogP contribution >= 0.6 is 0 Å². The number of anilines is 1. The topological polar surface area (TPSA) is 63.5 Å². The molecule has 2 rings (SSSR count). The van der Waals surface area contributed by atoms with Crippen LogP contribution < -0.4 is 15.4 Å². The highest BCUT2D eigenvalue weighted by Crippen LogP contribution is 2.23. The Labute approximate surface area is 130 Å². The van der Waals surface area contributed by atoms with Gasteiger partial charge in [0.05, 0.1) is 18.8 Å². The van der Waals surface area contributed by atoms with Crippen LogP contribution in [-0.4, -0.2) is 18.8 Å². The SMILES string of the molecule is CC(NC(=O)CNc1ccc(OC(F)(F)F)cc1)c1ccco1. The number of hydrogen-bond acceptors (Lipinski definition) is 4. The lowest BCUT2D eigenvalue weighted by Gasteiger charge is -2.13. The second-order valence-electron chi connectivity index (χ2n) is 4.73. The van der Waals surface area contributed by atoms with Gasteiger partial charge in [0, 0.05) is 5.69 Å². The van der Waals surface area contributed by atoms with E-state index in [9.17, 15) is 18.0 Å². The van der Waals surface area contributed by atoms with Gasteiger partial charge in [-0.1, -0.05) is 0 Å². The molecule has 2 aromatic rings. The quantitative estimate of drug-likeness (QED) is 0.852. The van der Waals surface area contributed by atoms with E-state index in [2.05, 4.69) is 15.4 Å². The summed E-state index contributed by atoms with van der Waals surface area (Å²) >= 11 is 0. The van der Waals surface area contributed by atoms with Crippen LogP contribution in [0.4, 0.5) is 18.9 Å². The summed E-state index contributed by atoms with van der Waals surface area (Å²) in [7, 11) is 0. The minimum absolute atomic E-state index is 0.0233. The van der Waals surface area contributed by atoms with Crippen molar-refractivity contribution in [1.82, 2.24) is 5.32 Å². The maximum atomic E-state index is 12.0. The number of ether oxygens (including phenoxy) is 1. The van der Waals surface area contributed by atoms with Gasteiger partial charge in [0.25, 0.3) is 0 Å². The van der Waals surface area contributed by atoms with Crippen LogP contribution in [0.1, 0.15) is 18.7 Å².